The molecule has 0 aliphatic heterocycles. The first kappa shape index (κ1) is 23.1. The third-order valence-electron chi connectivity index (χ3n) is 3.91. The van der Waals surface area contributed by atoms with Gasteiger partial charge in [0.2, 0.25) is 0 Å². The quantitative estimate of drug-likeness (QED) is 0.169. The van der Waals surface area contributed by atoms with Gasteiger partial charge in [-0.15, -0.1) is 0 Å². The molecule has 0 amide bonds. The van der Waals surface area contributed by atoms with Gasteiger partial charge in [-0.2, -0.15) is 0 Å². The van der Waals surface area contributed by atoms with E-state index in [1.807, 2.05) is 26.0 Å². The lowest BCUT2D eigenvalue weighted by Gasteiger charge is -2.17. The lowest BCUT2D eigenvalue weighted by atomic mass is 10.2. The fourth-order valence-corrected chi connectivity index (χ4v) is 2.44. The zero-order valence-electron chi connectivity index (χ0n) is 17.0. The molecular formula is C22H25NO7. The maximum atomic E-state index is 11.9. The van der Waals surface area contributed by atoms with Gasteiger partial charge in [-0.1, -0.05) is 12.1 Å². The van der Waals surface area contributed by atoms with Crippen LogP contribution in [0.3, 0.4) is 0 Å². The summed E-state index contributed by atoms with van der Waals surface area (Å²) in [5.74, 6) is 0.155. The van der Waals surface area contributed by atoms with Crippen molar-refractivity contribution in [3.05, 3.63) is 75.8 Å². The van der Waals surface area contributed by atoms with E-state index in [1.165, 1.54) is 18.2 Å². The summed E-state index contributed by atoms with van der Waals surface area (Å²) in [5.41, 5.74) is 1.46. The SMILES string of the molecule is CCOC(COc1ccc(/C=C/C(=O)OCc2ccc([N+](=O)[O-])cc2)cc1)OCC. The molecule has 8 nitrogen and oxygen atoms in total. The summed E-state index contributed by atoms with van der Waals surface area (Å²) in [5, 5.41) is 10.6. The van der Waals surface area contributed by atoms with Crippen LogP contribution in [-0.4, -0.2) is 37.0 Å². The lowest BCUT2D eigenvalue weighted by Crippen LogP contribution is -2.25. The van der Waals surface area contributed by atoms with Crippen molar-refractivity contribution in [3.63, 3.8) is 0 Å². The Balaban J connectivity index is 1.79. The van der Waals surface area contributed by atoms with E-state index in [1.54, 1.807) is 30.3 Å². The zero-order valence-corrected chi connectivity index (χ0v) is 17.0. The van der Waals surface area contributed by atoms with Crippen molar-refractivity contribution in [1.82, 2.24) is 0 Å². The highest BCUT2D eigenvalue weighted by Crippen LogP contribution is 2.15. The molecule has 0 heterocycles. The Kier molecular flexibility index (Phi) is 9.50. The van der Waals surface area contributed by atoms with Gasteiger partial charge in [-0.25, -0.2) is 4.79 Å². The summed E-state index contributed by atoms with van der Waals surface area (Å²) in [7, 11) is 0. The van der Waals surface area contributed by atoms with Gasteiger partial charge in [0, 0.05) is 31.4 Å². The third kappa shape index (κ3) is 8.02. The lowest BCUT2D eigenvalue weighted by molar-refractivity contribution is -0.384. The Labute approximate surface area is 175 Å². The molecular weight excluding hydrogens is 390 g/mol. The van der Waals surface area contributed by atoms with Crippen molar-refractivity contribution in [1.29, 1.82) is 0 Å². The second kappa shape index (κ2) is 12.4. The van der Waals surface area contributed by atoms with Crippen molar-refractivity contribution in [2.24, 2.45) is 0 Å². The van der Waals surface area contributed by atoms with Crippen molar-refractivity contribution in [2.45, 2.75) is 26.7 Å². The maximum absolute atomic E-state index is 11.9. The average Bonchev–Trinajstić information content (AvgIpc) is 2.76. The monoisotopic (exact) mass is 415 g/mol. The highest BCUT2D eigenvalue weighted by Gasteiger charge is 2.09. The molecule has 2 aromatic carbocycles. The van der Waals surface area contributed by atoms with E-state index in [0.717, 1.165) is 5.56 Å². The maximum Gasteiger partial charge on any atom is 0.331 e. The summed E-state index contributed by atoms with van der Waals surface area (Å²) < 4.78 is 21.6. The van der Waals surface area contributed by atoms with Gasteiger partial charge in [0.15, 0.2) is 6.29 Å². The molecule has 0 aliphatic carbocycles. The first-order valence-electron chi connectivity index (χ1n) is 9.56. The normalized spacial score (nSPS) is 11.0. The first-order chi connectivity index (χ1) is 14.5. The van der Waals surface area contributed by atoms with Crippen molar-refractivity contribution < 1.29 is 28.7 Å². The van der Waals surface area contributed by atoms with E-state index in [2.05, 4.69) is 0 Å². The molecule has 2 aromatic rings. The largest absolute Gasteiger partial charge is 0.488 e. The predicted octanol–water partition coefficient (Wildman–Crippen LogP) is 4.13. The Morgan fingerprint density at radius 2 is 1.67 bits per heavy atom. The molecule has 0 saturated carbocycles. The number of benzene rings is 2. The number of nitro groups is 1. The Morgan fingerprint density at radius 3 is 2.23 bits per heavy atom. The summed E-state index contributed by atoms with van der Waals surface area (Å²) in [6.45, 7) is 5.19. The van der Waals surface area contributed by atoms with Crippen LogP contribution in [0.5, 0.6) is 5.75 Å². The Hall–Kier alpha value is -3.23. The predicted molar refractivity (Wildman–Crippen MR) is 111 cm³/mol. The second-order valence-corrected chi connectivity index (χ2v) is 6.08. The Morgan fingerprint density at radius 1 is 1.03 bits per heavy atom. The number of carbonyl (C=O) groups is 1. The molecule has 0 fully saturated rings. The van der Waals surface area contributed by atoms with E-state index in [9.17, 15) is 14.9 Å². The van der Waals surface area contributed by atoms with Gasteiger partial charge in [-0.05, 0) is 55.3 Å². The van der Waals surface area contributed by atoms with Crippen LogP contribution in [0.1, 0.15) is 25.0 Å². The number of hydrogen-bond donors (Lipinski definition) is 0. The van der Waals surface area contributed by atoms with Gasteiger partial charge < -0.3 is 18.9 Å². The number of carbonyl (C=O) groups excluding carboxylic acids is 1. The summed E-state index contributed by atoms with van der Waals surface area (Å²) in [4.78, 5) is 22.0. The van der Waals surface area contributed by atoms with Crippen LogP contribution in [0.2, 0.25) is 0 Å². The zero-order chi connectivity index (χ0) is 21.8. The van der Waals surface area contributed by atoms with Crippen LogP contribution in [0, 0.1) is 10.1 Å². The van der Waals surface area contributed by atoms with Gasteiger partial charge in [0.1, 0.15) is 19.0 Å². The minimum absolute atomic E-state index is 0.0105. The molecule has 0 bridgehead atoms. The molecule has 160 valence electrons. The number of rotatable bonds is 12. The molecule has 0 atom stereocenters. The second-order valence-electron chi connectivity index (χ2n) is 6.08. The van der Waals surface area contributed by atoms with Crippen LogP contribution >= 0.6 is 0 Å². The van der Waals surface area contributed by atoms with Crippen LogP contribution in [0.4, 0.5) is 5.69 Å². The topological polar surface area (TPSA) is 97.1 Å². The molecule has 0 aliphatic rings. The fourth-order valence-electron chi connectivity index (χ4n) is 2.44. The highest BCUT2D eigenvalue weighted by molar-refractivity contribution is 5.87. The number of nitrogens with zero attached hydrogens (tertiary/aromatic N) is 1. The molecule has 0 saturated heterocycles. The van der Waals surface area contributed by atoms with E-state index in [0.29, 0.717) is 24.5 Å². The third-order valence-corrected chi connectivity index (χ3v) is 3.91. The average molecular weight is 415 g/mol. The van der Waals surface area contributed by atoms with Gasteiger partial charge in [0.05, 0.1) is 4.92 Å². The van der Waals surface area contributed by atoms with Crippen molar-refractivity contribution in [3.8, 4) is 5.75 Å². The van der Waals surface area contributed by atoms with Crippen molar-refractivity contribution >= 4 is 17.7 Å². The minimum Gasteiger partial charge on any atom is -0.488 e. The van der Waals surface area contributed by atoms with Crippen molar-refractivity contribution in [2.75, 3.05) is 19.8 Å². The molecule has 2 rings (SSSR count). The summed E-state index contributed by atoms with van der Waals surface area (Å²) in [6.07, 6.45) is 2.54. The van der Waals surface area contributed by atoms with Gasteiger partial charge in [-0.3, -0.25) is 10.1 Å². The number of nitro benzene ring substituents is 1. The molecule has 0 N–H and O–H groups in total. The molecule has 0 aromatic heterocycles. The summed E-state index contributed by atoms with van der Waals surface area (Å²) in [6, 6.07) is 13.0. The minimum atomic E-state index is -0.509. The van der Waals surface area contributed by atoms with Gasteiger partial charge >= 0.3 is 5.97 Å². The fraction of sp³-hybridized carbons (Fsp3) is 0.318. The number of ether oxygens (including phenoxy) is 4. The van der Waals surface area contributed by atoms with Crippen LogP contribution in [-0.2, 0) is 25.6 Å². The summed E-state index contributed by atoms with van der Waals surface area (Å²) >= 11 is 0. The van der Waals surface area contributed by atoms with E-state index < -0.39 is 17.2 Å². The first-order valence-corrected chi connectivity index (χ1v) is 9.56. The smallest absolute Gasteiger partial charge is 0.331 e. The standard InChI is InChI=1S/C22H25NO7/c1-3-27-22(28-4-2)16-29-20-12-7-17(8-13-20)9-14-21(24)30-15-18-5-10-19(11-6-18)23(25)26/h5-14,22H,3-4,15-16H2,1-2H3/b14-9+. The number of non-ortho nitro benzene ring substituents is 1. The van der Waals surface area contributed by atoms with E-state index in [-0.39, 0.29) is 18.9 Å². The van der Waals surface area contributed by atoms with Crippen LogP contribution < -0.4 is 4.74 Å². The molecule has 8 heteroatoms. The molecule has 0 spiro atoms. The molecule has 30 heavy (non-hydrogen) atoms. The van der Waals surface area contributed by atoms with Crippen LogP contribution in [0.25, 0.3) is 6.08 Å². The van der Waals surface area contributed by atoms with E-state index in [4.69, 9.17) is 18.9 Å². The van der Waals surface area contributed by atoms with Gasteiger partial charge in [0.25, 0.3) is 5.69 Å². The number of esters is 1. The van der Waals surface area contributed by atoms with Crippen LogP contribution in [0.15, 0.2) is 54.6 Å². The molecule has 0 radical (unpaired) electrons. The highest BCUT2D eigenvalue weighted by atomic mass is 16.7. The molecule has 0 unspecified atom stereocenters. The Bertz CT molecular complexity index is 826. The number of hydrogen-bond acceptors (Lipinski definition) is 7. The van der Waals surface area contributed by atoms with E-state index >= 15 is 0 Å².